The zero-order chi connectivity index (χ0) is 31.7. The highest BCUT2D eigenvalue weighted by atomic mass is 32.2. The van der Waals surface area contributed by atoms with Crippen molar-refractivity contribution in [1.29, 1.82) is 0 Å². The SMILES string of the molecule is CSC(C)(C)C(C)(C)c1ccc(C2(c3ccccc3)C3=C4C(=CCC3)C3=CCCC=C3C4(c3ccccc3)c3ccccc32)cc1. The highest BCUT2D eigenvalue weighted by molar-refractivity contribution is 8.00. The molecule has 0 N–H and O–H groups in total. The fraction of sp³-hybridized carbons (Fsp3) is 0.289. The molecule has 46 heavy (non-hydrogen) atoms. The molecular formula is C45H44S. The predicted molar refractivity (Wildman–Crippen MR) is 197 cm³/mol. The van der Waals surface area contributed by atoms with Crippen molar-refractivity contribution in [2.45, 2.75) is 74.4 Å². The summed E-state index contributed by atoms with van der Waals surface area (Å²) in [5.74, 6) is 0. The second-order valence-corrected chi connectivity index (χ2v) is 15.9. The fourth-order valence-electron chi connectivity index (χ4n) is 9.20. The molecule has 2 atom stereocenters. The Morgan fingerprint density at radius 2 is 1.07 bits per heavy atom. The molecule has 0 aliphatic heterocycles. The third kappa shape index (κ3) is 3.76. The quantitative estimate of drug-likeness (QED) is 0.208. The van der Waals surface area contributed by atoms with E-state index in [-0.39, 0.29) is 15.6 Å². The minimum Gasteiger partial charge on any atom is -0.158 e. The van der Waals surface area contributed by atoms with Crippen molar-refractivity contribution in [3.63, 3.8) is 0 Å². The lowest BCUT2D eigenvalue weighted by Crippen LogP contribution is -2.45. The molecule has 0 amide bonds. The Morgan fingerprint density at radius 1 is 0.543 bits per heavy atom. The molecule has 0 nitrogen and oxygen atoms in total. The monoisotopic (exact) mass is 616 g/mol. The Bertz CT molecular complexity index is 1950. The molecule has 1 fully saturated rings. The largest absolute Gasteiger partial charge is 0.158 e. The molecule has 1 saturated carbocycles. The molecule has 2 unspecified atom stereocenters. The average Bonchev–Trinajstić information content (AvgIpc) is 3.42. The third-order valence-electron chi connectivity index (χ3n) is 12.2. The van der Waals surface area contributed by atoms with Gasteiger partial charge < -0.3 is 0 Å². The van der Waals surface area contributed by atoms with Crippen LogP contribution >= 0.6 is 11.8 Å². The van der Waals surface area contributed by atoms with Gasteiger partial charge in [0.1, 0.15) is 0 Å². The second kappa shape index (κ2) is 10.6. The van der Waals surface area contributed by atoms with E-state index in [0.717, 1.165) is 25.7 Å². The normalized spacial score (nSPS) is 23.5. The third-order valence-corrected chi connectivity index (χ3v) is 13.7. The van der Waals surface area contributed by atoms with E-state index in [0.29, 0.717) is 0 Å². The Kier molecular flexibility index (Phi) is 6.82. The maximum Gasteiger partial charge on any atom is 0.0713 e. The van der Waals surface area contributed by atoms with Crippen LogP contribution in [0.3, 0.4) is 0 Å². The molecule has 0 radical (unpaired) electrons. The van der Waals surface area contributed by atoms with Crippen molar-refractivity contribution in [1.82, 2.24) is 0 Å². The zero-order valence-electron chi connectivity index (χ0n) is 27.9. The van der Waals surface area contributed by atoms with Crippen LogP contribution in [-0.4, -0.2) is 11.0 Å². The lowest BCUT2D eigenvalue weighted by atomic mass is 9.50. The summed E-state index contributed by atoms with van der Waals surface area (Å²) in [4.78, 5) is 0. The van der Waals surface area contributed by atoms with Gasteiger partial charge in [0.15, 0.2) is 0 Å². The molecule has 230 valence electrons. The average molecular weight is 617 g/mol. The van der Waals surface area contributed by atoms with E-state index in [1.54, 1.807) is 11.1 Å². The first-order valence-corrected chi connectivity index (χ1v) is 18.3. The maximum absolute atomic E-state index is 2.57. The maximum atomic E-state index is 2.57. The van der Waals surface area contributed by atoms with Crippen LogP contribution < -0.4 is 0 Å². The van der Waals surface area contributed by atoms with Gasteiger partial charge in [0.05, 0.1) is 10.8 Å². The van der Waals surface area contributed by atoms with E-state index in [4.69, 9.17) is 0 Å². The van der Waals surface area contributed by atoms with E-state index in [1.807, 2.05) is 11.8 Å². The number of rotatable bonds is 6. The van der Waals surface area contributed by atoms with Crippen LogP contribution in [0, 0.1) is 0 Å². The minimum atomic E-state index is -0.392. The van der Waals surface area contributed by atoms with Gasteiger partial charge in [0.25, 0.3) is 0 Å². The van der Waals surface area contributed by atoms with Gasteiger partial charge in [0.2, 0.25) is 0 Å². The molecule has 8 rings (SSSR count). The summed E-state index contributed by atoms with van der Waals surface area (Å²) in [7, 11) is 0. The summed E-state index contributed by atoms with van der Waals surface area (Å²) in [6, 6.07) is 42.1. The summed E-state index contributed by atoms with van der Waals surface area (Å²) in [6.07, 6.45) is 14.2. The summed E-state index contributed by atoms with van der Waals surface area (Å²) >= 11 is 1.95. The van der Waals surface area contributed by atoms with Crippen LogP contribution in [-0.2, 0) is 16.2 Å². The summed E-state index contributed by atoms with van der Waals surface area (Å²) in [5, 5.41) is 0. The molecule has 4 aliphatic rings. The molecule has 4 aliphatic carbocycles. The van der Waals surface area contributed by atoms with Crippen LogP contribution in [0.5, 0.6) is 0 Å². The minimum absolute atomic E-state index is 0.0144. The van der Waals surface area contributed by atoms with Gasteiger partial charge in [-0.15, -0.1) is 0 Å². The van der Waals surface area contributed by atoms with Crippen molar-refractivity contribution >= 4 is 11.8 Å². The van der Waals surface area contributed by atoms with Crippen LogP contribution in [0.25, 0.3) is 0 Å². The first-order valence-electron chi connectivity index (χ1n) is 17.0. The topological polar surface area (TPSA) is 0 Å². The number of hydrogen-bond acceptors (Lipinski definition) is 1. The van der Waals surface area contributed by atoms with Crippen molar-refractivity contribution in [2.75, 3.05) is 6.26 Å². The van der Waals surface area contributed by atoms with Crippen LogP contribution in [0.4, 0.5) is 0 Å². The first-order chi connectivity index (χ1) is 22.3. The highest BCUT2D eigenvalue weighted by Crippen LogP contribution is 2.69. The van der Waals surface area contributed by atoms with Crippen LogP contribution in [0.1, 0.15) is 86.8 Å². The first kappa shape index (κ1) is 29.6. The van der Waals surface area contributed by atoms with Gasteiger partial charge in [-0.25, -0.2) is 0 Å². The van der Waals surface area contributed by atoms with Gasteiger partial charge >= 0.3 is 0 Å². The van der Waals surface area contributed by atoms with Crippen molar-refractivity contribution in [2.24, 2.45) is 0 Å². The Morgan fingerprint density at radius 3 is 1.70 bits per heavy atom. The van der Waals surface area contributed by atoms with Crippen molar-refractivity contribution in [3.05, 3.63) is 189 Å². The van der Waals surface area contributed by atoms with Gasteiger partial charge in [0, 0.05) is 10.2 Å². The lowest BCUT2D eigenvalue weighted by Gasteiger charge is -2.51. The Labute approximate surface area is 280 Å². The van der Waals surface area contributed by atoms with E-state index in [2.05, 4.69) is 161 Å². The Balaban J connectivity index is 1.51. The van der Waals surface area contributed by atoms with E-state index < -0.39 is 5.41 Å². The fourth-order valence-corrected chi connectivity index (χ4v) is 9.82. The summed E-state index contributed by atoms with van der Waals surface area (Å²) in [6.45, 7) is 9.56. The molecule has 0 saturated heterocycles. The molecule has 0 heterocycles. The molecule has 0 spiro atoms. The van der Waals surface area contributed by atoms with Gasteiger partial charge in [-0.3, -0.25) is 0 Å². The number of thioether (sulfide) groups is 1. The summed E-state index contributed by atoms with van der Waals surface area (Å²) < 4.78 is 0.105. The van der Waals surface area contributed by atoms with E-state index in [9.17, 15) is 0 Å². The van der Waals surface area contributed by atoms with Crippen LogP contribution in [0.2, 0.25) is 0 Å². The number of hydrogen-bond donors (Lipinski definition) is 0. The molecule has 4 aromatic carbocycles. The van der Waals surface area contributed by atoms with Gasteiger partial charge in [-0.05, 0) is 107 Å². The molecule has 0 bridgehead atoms. The van der Waals surface area contributed by atoms with Crippen molar-refractivity contribution < 1.29 is 0 Å². The molecule has 0 aromatic heterocycles. The second-order valence-electron chi connectivity index (χ2n) is 14.5. The molecule has 1 heteroatoms. The smallest absolute Gasteiger partial charge is 0.0713 e. The van der Waals surface area contributed by atoms with E-state index in [1.165, 1.54) is 50.1 Å². The highest BCUT2D eigenvalue weighted by Gasteiger charge is 2.60. The number of allylic oxidation sites excluding steroid dienone is 8. The van der Waals surface area contributed by atoms with Gasteiger partial charge in [-0.2, -0.15) is 11.8 Å². The van der Waals surface area contributed by atoms with Crippen molar-refractivity contribution in [3.8, 4) is 0 Å². The van der Waals surface area contributed by atoms with E-state index >= 15 is 0 Å². The number of fused-ring (bicyclic) bond motifs is 5. The van der Waals surface area contributed by atoms with Gasteiger partial charge in [-0.1, -0.05) is 141 Å². The zero-order valence-corrected chi connectivity index (χ0v) is 28.7. The lowest BCUT2D eigenvalue weighted by molar-refractivity contribution is 0.413. The molecular weight excluding hydrogens is 573 g/mol. The standard InChI is InChI=1S/C45H44S/c1-42(2,43(3,4)46-5)31-27-29-34(30-28-31)44(32-17-8-6-9-18-32)38-24-14-15-25-39(38)45(33-19-10-7-11-20-33)37-23-13-12-21-35(37)36-22-16-26-40(44)41(36)45/h6-11,14-15,17-25,27-30H,12-13,16,26H2,1-5H3. The summed E-state index contributed by atoms with van der Waals surface area (Å²) in [5.41, 5.74) is 15.2. The van der Waals surface area contributed by atoms with Crippen LogP contribution in [0.15, 0.2) is 155 Å². The predicted octanol–water partition coefficient (Wildman–Crippen LogP) is 11.4. The Hall–Kier alpha value is -3.81. The number of benzene rings is 4. The molecule has 4 aromatic rings.